The summed E-state index contributed by atoms with van der Waals surface area (Å²) in [6.07, 6.45) is 0. The van der Waals surface area contributed by atoms with E-state index in [-0.39, 0.29) is 18.4 Å². The molecule has 1 N–H and O–H groups in total. The van der Waals surface area contributed by atoms with Crippen LogP contribution in [0.1, 0.15) is 48.2 Å². The average Bonchev–Trinajstić information content (AvgIpc) is 2.35. The largest absolute Gasteiger partial charge is 0.465 e. The molecule has 4 nitrogen and oxygen atoms in total. The van der Waals surface area contributed by atoms with Crippen LogP contribution in [0.15, 0.2) is 18.2 Å². The molecule has 0 fully saturated rings. The van der Waals surface area contributed by atoms with E-state index in [4.69, 9.17) is 4.74 Å². The third-order valence-electron chi connectivity index (χ3n) is 2.77. The molecule has 0 aliphatic rings. The number of hydrogen-bond acceptors (Lipinski definition) is 3. The third-order valence-corrected chi connectivity index (χ3v) is 2.77. The molecule has 0 heterocycles. The number of esters is 1. The Hall–Kier alpha value is -1.84. The van der Waals surface area contributed by atoms with Gasteiger partial charge in [-0.3, -0.25) is 9.59 Å². The fourth-order valence-corrected chi connectivity index (χ4v) is 1.83. The van der Waals surface area contributed by atoms with Gasteiger partial charge in [-0.05, 0) is 31.4 Å². The molecule has 0 aromatic heterocycles. The Bertz CT molecular complexity index is 466. The molecule has 0 spiro atoms. The zero-order chi connectivity index (χ0) is 14.4. The van der Waals surface area contributed by atoms with Crippen molar-refractivity contribution in [2.24, 2.45) is 0 Å². The first-order valence-electron chi connectivity index (χ1n) is 6.50. The number of ether oxygens (including phenoxy) is 1. The average molecular weight is 263 g/mol. The Labute approximate surface area is 114 Å². The van der Waals surface area contributed by atoms with E-state index in [0.717, 1.165) is 11.1 Å². The maximum absolute atomic E-state index is 12.1. The predicted octanol–water partition coefficient (Wildman–Crippen LogP) is 2.41. The lowest BCUT2D eigenvalue weighted by atomic mass is 9.95. The van der Waals surface area contributed by atoms with Gasteiger partial charge in [-0.25, -0.2) is 0 Å². The highest BCUT2D eigenvalue weighted by molar-refractivity contribution is 5.97. The van der Waals surface area contributed by atoms with Gasteiger partial charge in [0.25, 0.3) is 5.91 Å². The molecular formula is C15H21NO3. The lowest BCUT2D eigenvalue weighted by Crippen LogP contribution is -2.31. The second-order valence-corrected chi connectivity index (χ2v) is 4.73. The molecule has 0 saturated heterocycles. The number of amides is 1. The zero-order valence-corrected chi connectivity index (χ0v) is 11.9. The van der Waals surface area contributed by atoms with Gasteiger partial charge in [-0.1, -0.05) is 31.5 Å². The van der Waals surface area contributed by atoms with Crippen molar-refractivity contribution in [2.75, 3.05) is 13.2 Å². The highest BCUT2D eigenvalue weighted by Gasteiger charge is 2.15. The van der Waals surface area contributed by atoms with E-state index in [0.29, 0.717) is 12.2 Å². The van der Waals surface area contributed by atoms with Gasteiger partial charge < -0.3 is 10.1 Å². The number of benzene rings is 1. The summed E-state index contributed by atoms with van der Waals surface area (Å²) in [5.41, 5.74) is 2.62. The van der Waals surface area contributed by atoms with Crippen LogP contribution in [0.5, 0.6) is 0 Å². The standard InChI is InChI=1S/C15H21NO3/c1-5-19-14(17)9-16-15(18)13-8-11(4)6-7-12(13)10(2)3/h6-8,10H,5,9H2,1-4H3,(H,16,18). The Morgan fingerprint density at radius 3 is 2.58 bits per heavy atom. The van der Waals surface area contributed by atoms with Gasteiger partial charge in [0.05, 0.1) is 6.61 Å². The molecule has 0 aliphatic heterocycles. The van der Waals surface area contributed by atoms with Crippen LogP contribution in [-0.4, -0.2) is 25.0 Å². The van der Waals surface area contributed by atoms with Gasteiger partial charge in [0.15, 0.2) is 0 Å². The lowest BCUT2D eigenvalue weighted by molar-refractivity contribution is -0.141. The number of nitrogens with one attached hydrogen (secondary N) is 1. The Morgan fingerprint density at radius 1 is 1.32 bits per heavy atom. The first kappa shape index (κ1) is 15.2. The number of hydrogen-bond donors (Lipinski definition) is 1. The van der Waals surface area contributed by atoms with Gasteiger partial charge in [0.2, 0.25) is 0 Å². The van der Waals surface area contributed by atoms with E-state index < -0.39 is 5.97 Å². The van der Waals surface area contributed by atoms with E-state index in [1.807, 2.05) is 39.0 Å². The second-order valence-electron chi connectivity index (χ2n) is 4.73. The fourth-order valence-electron chi connectivity index (χ4n) is 1.83. The molecule has 1 amide bonds. The van der Waals surface area contributed by atoms with Gasteiger partial charge in [-0.15, -0.1) is 0 Å². The lowest BCUT2D eigenvalue weighted by Gasteiger charge is -2.13. The fraction of sp³-hybridized carbons (Fsp3) is 0.467. The van der Waals surface area contributed by atoms with Crippen molar-refractivity contribution in [3.63, 3.8) is 0 Å². The Kier molecular flexibility index (Phi) is 5.55. The van der Waals surface area contributed by atoms with Crippen molar-refractivity contribution in [2.45, 2.75) is 33.6 Å². The summed E-state index contributed by atoms with van der Waals surface area (Å²) < 4.78 is 4.78. The molecule has 0 aliphatic carbocycles. The SMILES string of the molecule is CCOC(=O)CNC(=O)c1cc(C)ccc1C(C)C. The Balaban J connectivity index is 2.81. The van der Waals surface area contributed by atoms with Crippen LogP contribution < -0.4 is 5.32 Å². The van der Waals surface area contributed by atoms with Crippen LogP contribution in [0.2, 0.25) is 0 Å². The van der Waals surface area contributed by atoms with Crippen molar-refractivity contribution in [1.29, 1.82) is 0 Å². The van der Waals surface area contributed by atoms with Crippen molar-refractivity contribution >= 4 is 11.9 Å². The first-order valence-corrected chi connectivity index (χ1v) is 6.50. The van der Waals surface area contributed by atoms with E-state index >= 15 is 0 Å². The monoisotopic (exact) mass is 263 g/mol. The van der Waals surface area contributed by atoms with Crippen LogP contribution in [0, 0.1) is 6.92 Å². The highest BCUT2D eigenvalue weighted by Crippen LogP contribution is 2.20. The van der Waals surface area contributed by atoms with Gasteiger partial charge in [0, 0.05) is 5.56 Å². The van der Waals surface area contributed by atoms with Crippen molar-refractivity contribution < 1.29 is 14.3 Å². The quantitative estimate of drug-likeness (QED) is 0.830. The first-order chi connectivity index (χ1) is 8.95. The van der Waals surface area contributed by atoms with E-state index in [2.05, 4.69) is 5.32 Å². The summed E-state index contributed by atoms with van der Waals surface area (Å²) in [5.74, 6) is -0.404. The molecule has 0 atom stereocenters. The number of aryl methyl sites for hydroxylation is 1. The van der Waals surface area contributed by atoms with Crippen molar-refractivity contribution in [3.8, 4) is 0 Å². The van der Waals surface area contributed by atoms with Crippen molar-refractivity contribution in [3.05, 3.63) is 34.9 Å². The zero-order valence-electron chi connectivity index (χ0n) is 11.9. The summed E-state index contributed by atoms with van der Waals surface area (Å²) in [5, 5.41) is 2.59. The molecular weight excluding hydrogens is 242 g/mol. The summed E-state index contributed by atoms with van der Waals surface area (Å²) in [4.78, 5) is 23.3. The molecule has 104 valence electrons. The number of carbonyl (C=O) groups excluding carboxylic acids is 2. The maximum atomic E-state index is 12.1. The second kappa shape index (κ2) is 6.92. The molecule has 0 unspecified atom stereocenters. The highest BCUT2D eigenvalue weighted by atomic mass is 16.5. The molecule has 1 aromatic rings. The molecule has 0 saturated carbocycles. The molecule has 4 heteroatoms. The normalized spacial score (nSPS) is 10.4. The van der Waals surface area contributed by atoms with Gasteiger partial charge in [0.1, 0.15) is 6.54 Å². The van der Waals surface area contributed by atoms with E-state index in [1.165, 1.54) is 0 Å². The van der Waals surface area contributed by atoms with Crippen molar-refractivity contribution in [1.82, 2.24) is 5.32 Å². The van der Waals surface area contributed by atoms with Gasteiger partial charge >= 0.3 is 5.97 Å². The minimum Gasteiger partial charge on any atom is -0.465 e. The van der Waals surface area contributed by atoms with E-state index in [1.54, 1.807) is 6.92 Å². The number of carbonyl (C=O) groups is 2. The minimum atomic E-state index is -0.422. The molecule has 0 bridgehead atoms. The predicted molar refractivity (Wildman–Crippen MR) is 74.2 cm³/mol. The number of rotatable bonds is 5. The van der Waals surface area contributed by atoms with Crippen LogP contribution in [0.4, 0.5) is 0 Å². The Morgan fingerprint density at radius 2 is 2.00 bits per heavy atom. The maximum Gasteiger partial charge on any atom is 0.325 e. The summed E-state index contributed by atoms with van der Waals surface area (Å²) in [7, 11) is 0. The van der Waals surface area contributed by atoms with Crippen LogP contribution >= 0.6 is 0 Å². The summed E-state index contributed by atoms with van der Waals surface area (Å²) in [6, 6.07) is 5.78. The molecule has 19 heavy (non-hydrogen) atoms. The molecule has 1 rings (SSSR count). The smallest absolute Gasteiger partial charge is 0.325 e. The summed E-state index contributed by atoms with van der Waals surface area (Å²) in [6.45, 7) is 7.96. The van der Waals surface area contributed by atoms with Crippen LogP contribution in [-0.2, 0) is 9.53 Å². The topological polar surface area (TPSA) is 55.4 Å². The third kappa shape index (κ3) is 4.39. The van der Waals surface area contributed by atoms with E-state index in [9.17, 15) is 9.59 Å². The molecule has 1 aromatic carbocycles. The van der Waals surface area contributed by atoms with Crippen LogP contribution in [0.3, 0.4) is 0 Å². The summed E-state index contributed by atoms with van der Waals surface area (Å²) >= 11 is 0. The molecule has 0 radical (unpaired) electrons. The van der Waals surface area contributed by atoms with Crippen LogP contribution in [0.25, 0.3) is 0 Å². The van der Waals surface area contributed by atoms with Gasteiger partial charge in [-0.2, -0.15) is 0 Å². The minimum absolute atomic E-state index is 0.0991.